The van der Waals surface area contributed by atoms with Gasteiger partial charge in [-0.1, -0.05) is 51.1 Å². The van der Waals surface area contributed by atoms with E-state index in [0.717, 1.165) is 22.2 Å². The molecule has 0 radical (unpaired) electrons. The monoisotopic (exact) mass is 1500 g/mol. The number of amides is 8. The van der Waals surface area contributed by atoms with Gasteiger partial charge in [-0.15, -0.1) is 0 Å². The second-order valence-corrected chi connectivity index (χ2v) is 26.9. The van der Waals surface area contributed by atoms with Crippen LogP contribution < -0.4 is 66.9 Å². The summed E-state index contributed by atoms with van der Waals surface area (Å²) in [7, 11) is 4.82. The fourth-order valence-corrected chi connectivity index (χ4v) is 12.9. The van der Waals surface area contributed by atoms with Gasteiger partial charge < -0.3 is 99.7 Å². The van der Waals surface area contributed by atoms with Crippen LogP contribution in [0.15, 0.2) is 78.9 Å². The smallest absolute Gasteiger partial charge is 0.354 e. The lowest BCUT2D eigenvalue weighted by Crippen LogP contribution is -2.54. The number of rotatable bonds is 44. The minimum absolute atomic E-state index is 0.0128. The summed E-state index contributed by atoms with van der Waals surface area (Å²) < 4.78 is 85.8. The molecule has 0 saturated carbocycles. The third-order valence-corrected chi connectivity index (χ3v) is 18.4. The number of primary amides is 1. The number of fused-ring (bicyclic) bond motifs is 5. The molecule has 1 aliphatic rings. The van der Waals surface area contributed by atoms with Crippen molar-refractivity contribution < 1.29 is 94.0 Å². The Hall–Kier alpha value is -10.1. The summed E-state index contributed by atoms with van der Waals surface area (Å²) >= 11 is 0. The van der Waals surface area contributed by atoms with Crippen LogP contribution in [0.2, 0.25) is 0 Å². The number of carbonyl (C=O) groups excluding carboxylic acids is 8. The average Bonchev–Trinajstić information content (AvgIpc) is 1.58. The predicted molar refractivity (Wildman–Crippen MR) is 394 cm³/mol. The van der Waals surface area contributed by atoms with Crippen molar-refractivity contribution in [2.75, 3.05) is 131 Å². The molecule has 4 heterocycles. The number of ether oxygens (including phenoxy) is 9. The van der Waals surface area contributed by atoms with E-state index in [0.29, 0.717) is 81.3 Å². The van der Waals surface area contributed by atoms with Crippen LogP contribution in [0.1, 0.15) is 96.6 Å². The molecule has 0 bridgehead atoms. The van der Waals surface area contributed by atoms with Crippen molar-refractivity contribution >= 4 is 102 Å². The van der Waals surface area contributed by atoms with E-state index < -0.39 is 81.5 Å². The minimum atomic E-state index is -4.65. The van der Waals surface area contributed by atoms with E-state index in [-0.39, 0.29) is 128 Å². The summed E-state index contributed by atoms with van der Waals surface area (Å²) in [4.78, 5) is 114. The van der Waals surface area contributed by atoms with Crippen molar-refractivity contribution in [3.05, 3.63) is 107 Å². The van der Waals surface area contributed by atoms with Crippen molar-refractivity contribution in [3.63, 3.8) is 0 Å². The summed E-state index contributed by atoms with van der Waals surface area (Å²) in [6.45, 7) is 7.92. The SMILES string of the molecule is CCC1CN(C(=O)c2cc3cc(OC)c(OC)c(OC)c3[nH]2)c2cc(OCc3ccc(NC(=O)[C@H](CCCNC(N)=O)NC(=O)C(NC(=O)CCOCCOCCOCCOCCNC(=O)[C@H](CS(=O)(=O)O)NC(=O)CCn4c(CN(C)NC)cc5ccccc54)C(C)C)cc3)c3[nH]c(C(=O)OC)cc3c21. The molecule has 106 heavy (non-hydrogen) atoms. The second kappa shape index (κ2) is 39.3. The summed E-state index contributed by atoms with van der Waals surface area (Å²) in [5, 5.41) is 20.1. The van der Waals surface area contributed by atoms with Crippen LogP contribution in [0.25, 0.3) is 32.7 Å². The van der Waals surface area contributed by atoms with E-state index in [1.54, 1.807) is 74.3 Å². The second-order valence-electron chi connectivity index (χ2n) is 25.4. The zero-order chi connectivity index (χ0) is 76.6. The maximum Gasteiger partial charge on any atom is 0.354 e. The van der Waals surface area contributed by atoms with Crippen molar-refractivity contribution in [1.82, 2.24) is 51.6 Å². The van der Waals surface area contributed by atoms with Gasteiger partial charge in [0.1, 0.15) is 47.6 Å². The first-order valence-corrected chi connectivity index (χ1v) is 36.4. The first-order valence-electron chi connectivity index (χ1n) is 34.7. The summed E-state index contributed by atoms with van der Waals surface area (Å²) in [5.41, 5.74) is 14.3. The standard InChI is InChI=1S/C72H97N13O20S/c1-10-45-39-85(70(91)52-35-47-36-58(97-6)65(98-7)66(99-8)63(47)79-52)56-38-57(64-50(61(45)56)37-53(80-64)71(92)100-9)105-41-44-17-19-48(20-18-44)77-68(89)51(15-13-23-76-72(73)93)81-69(90)62(43(2)3)82-60(87)22-26-101-28-30-103-32-33-104-31-29-102-27-24-75-67(88)54(42-106(94,95)96)78-59(86)21-25-84-49(40-83(5)74-4)34-46-14-11-12-16-55(46)84/h11-12,14,16-20,34-38,43,45,51,54,62,74,79-80H,10,13,15,21-33,39-42H2,1-9H3,(H,75,88)(H,77,89)(H,78,86)(H,81,90)(H,82,87)(H3,73,76,93)(H,94,95,96)/t45?,51-,54-,62?/m0/s1. The Morgan fingerprint density at radius 1 is 0.698 bits per heavy atom. The third kappa shape index (κ3) is 22.3. The number of esters is 1. The largest absolute Gasteiger partial charge is 0.493 e. The first kappa shape index (κ1) is 81.6. The number of para-hydroxylation sites is 1. The van der Waals surface area contributed by atoms with Crippen molar-refractivity contribution in [2.24, 2.45) is 11.7 Å². The zero-order valence-electron chi connectivity index (χ0n) is 61.1. The highest BCUT2D eigenvalue weighted by Gasteiger charge is 2.37. The molecule has 1 aliphatic heterocycles. The highest BCUT2D eigenvalue weighted by Crippen LogP contribution is 2.48. The molecule has 34 heteroatoms. The molecule has 2 unspecified atom stereocenters. The summed E-state index contributed by atoms with van der Waals surface area (Å²) in [6.07, 6.45) is 0.853. The minimum Gasteiger partial charge on any atom is -0.493 e. The molecule has 4 atom stereocenters. The van der Waals surface area contributed by atoms with Gasteiger partial charge in [0.15, 0.2) is 11.5 Å². The fourth-order valence-electron chi connectivity index (χ4n) is 12.3. The third-order valence-electron chi connectivity index (χ3n) is 17.7. The van der Waals surface area contributed by atoms with Gasteiger partial charge >= 0.3 is 12.0 Å². The number of hydrogen-bond acceptors (Lipinski definition) is 21. The van der Waals surface area contributed by atoms with Gasteiger partial charge in [0.25, 0.3) is 16.0 Å². The van der Waals surface area contributed by atoms with Crippen molar-refractivity contribution in [1.29, 1.82) is 0 Å². The van der Waals surface area contributed by atoms with Crippen LogP contribution >= 0.6 is 0 Å². The highest BCUT2D eigenvalue weighted by molar-refractivity contribution is 7.85. The van der Waals surface area contributed by atoms with Gasteiger partial charge in [-0.05, 0) is 91.2 Å². The number of nitrogens with one attached hydrogen (secondary N) is 9. The Labute approximate surface area is 613 Å². The molecule has 0 spiro atoms. The van der Waals surface area contributed by atoms with Gasteiger partial charge in [0.05, 0.1) is 105 Å². The van der Waals surface area contributed by atoms with Crippen molar-refractivity contribution in [2.45, 2.75) is 96.6 Å². The summed E-state index contributed by atoms with van der Waals surface area (Å²) in [6, 6.07) is 19.0. The van der Waals surface area contributed by atoms with Crippen LogP contribution in [0.5, 0.6) is 23.0 Å². The first-order chi connectivity index (χ1) is 50.9. The van der Waals surface area contributed by atoms with Gasteiger partial charge in [-0.25, -0.2) is 14.6 Å². The Kier molecular flexibility index (Phi) is 30.3. The normalized spacial score (nSPS) is 13.7. The lowest BCUT2D eigenvalue weighted by molar-refractivity contribution is -0.132. The van der Waals surface area contributed by atoms with Gasteiger partial charge in [0.2, 0.25) is 35.3 Å². The van der Waals surface area contributed by atoms with E-state index in [4.69, 9.17) is 48.4 Å². The lowest BCUT2D eigenvalue weighted by atomic mass is 9.95. The van der Waals surface area contributed by atoms with Crippen LogP contribution in [-0.4, -0.2) is 219 Å². The number of H-pyrrole nitrogens is 2. The number of aromatic nitrogens is 3. The number of carbonyl (C=O) groups is 8. The molecule has 576 valence electrons. The molecule has 8 rings (SSSR count). The number of urea groups is 1. The van der Waals surface area contributed by atoms with Gasteiger partial charge in [0, 0.05) is 85.7 Å². The predicted octanol–water partition coefficient (Wildman–Crippen LogP) is 4.76. The molecular formula is C72H97N13O20S. The number of methoxy groups -OCH3 is 4. The van der Waals surface area contributed by atoms with Crippen LogP contribution in [0.4, 0.5) is 16.2 Å². The highest BCUT2D eigenvalue weighted by atomic mass is 32.2. The molecule has 0 saturated heterocycles. The summed E-state index contributed by atoms with van der Waals surface area (Å²) in [5.74, 6) is -3.98. The lowest BCUT2D eigenvalue weighted by Gasteiger charge is -2.25. The van der Waals surface area contributed by atoms with Gasteiger partial charge in [-0.3, -0.25) is 38.7 Å². The molecule has 8 amide bonds. The van der Waals surface area contributed by atoms with E-state index >= 15 is 0 Å². The topological polar surface area (TPSA) is 427 Å². The zero-order valence-corrected chi connectivity index (χ0v) is 61.9. The fraction of sp³-hybridized carbons (Fsp3) is 0.472. The van der Waals surface area contributed by atoms with Crippen LogP contribution in [0, 0.1) is 5.92 Å². The molecule has 12 N–H and O–H groups in total. The number of aromatic amines is 2. The van der Waals surface area contributed by atoms with E-state index in [1.165, 1.54) is 28.4 Å². The number of nitrogens with zero attached hydrogens (tertiary/aromatic N) is 3. The average molecular weight is 1500 g/mol. The maximum atomic E-state index is 14.7. The number of anilines is 2. The number of nitrogens with two attached hydrogens (primary N) is 1. The van der Waals surface area contributed by atoms with Crippen LogP contribution in [0.3, 0.4) is 0 Å². The van der Waals surface area contributed by atoms with Crippen molar-refractivity contribution in [3.8, 4) is 23.0 Å². The Balaban J connectivity index is 0.751. The van der Waals surface area contributed by atoms with E-state index in [2.05, 4.69) is 47.3 Å². The molecule has 33 nitrogen and oxygen atoms in total. The molecule has 4 aromatic carbocycles. The number of benzene rings is 4. The number of aryl methyl sites for hydroxylation is 1. The molecular weight excluding hydrogens is 1400 g/mol. The van der Waals surface area contributed by atoms with E-state index in [1.807, 2.05) is 53.9 Å². The number of hydrogen-bond donors (Lipinski definition) is 11. The molecule has 7 aromatic rings. The Morgan fingerprint density at radius 2 is 1.37 bits per heavy atom. The number of hydrazine groups is 1. The maximum absolute atomic E-state index is 14.7. The molecule has 0 aliphatic carbocycles. The molecule has 0 fully saturated rings. The quantitative estimate of drug-likeness (QED) is 0.0106. The van der Waals surface area contributed by atoms with Crippen LogP contribution in [-0.2, 0) is 77.5 Å². The van der Waals surface area contributed by atoms with Gasteiger partial charge in [-0.2, -0.15) is 8.42 Å². The molecule has 3 aromatic heterocycles. The van der Waals surface area contributed by atoms with E-state index in [9.17, 15) is 51.3 Å². The Bertz CT molecular complexity index is 4310. The Morgan fingerprint density at radius 3 is 2.01 bits per heavy atom.